The van der Waals surface area contributed by atoms with Crippen LogP contribution in [0.3, 0.4) is 0 Å². The van der Waals surface area contributed by atoms with E-state index < -0.39 is 11.9 Å². The number of carbonyl (C=O) groups is 2. The second-order valence-corrected chi connectivity index (χ2v) is 6.62. The fourth-order valence-electron chi connectivity index (χ4n) is 3.24. The number of fused-ring (bicyclic) bond motifs is 1. The predicted octanol–water partition coefficient (Wildman–Crippen LogP) is 3.14. The van der Waals surface area contributed by atoms with Gasteiger partial charge in [-0.05, 0) is 44.0 Å². The van der Waals surface area contributed by atoms with Gasteiger partial charge in [0.1, 0.15) is 0 Å². The fraction of sp³-hybridized carbons (Fsp3) is 0.500. The van der Waals surface area contributed by atoms with Gasteiger partial charge in [0, 0.05) is 42.4 Å². The third kappa shape index (κ3) is 4.25. The van der Waals surface area contributed by atoms with Crippen LogP contribution in [-0.2, 0) is 16.1 Å². The number of carboxylic acid groups (broad SMARTS) is 1. The van der Waals surface area contributed by atoms with Crippen molar-refractivity contribution in [3.8, 4) is 0 Å². The molecule has 0 bridgehead atoms. The van der Waals surface area contributed by atoms with Crippen LogP contribution in [0.2, 0.25) is 0 Å². The third-order valence-electron chi connectivity index (χ3n) is 4.92. The first-order valence-corrected chi connectivity index (χ1v) is 9.00. The molecule has 6 nitrogen and oxygen atoms in total. The summed E-state index contributed by atoms with van der Waals surface area (Å²) >= 11 is 0. The van der Waals surface area contributed by atoms with Crippen LogP contribution in [0.25, 0.3) is 10.9 Å². The van der Waals surface area contributed by atoms with Crippen molar-refractivity contribution in [3.05, 3.63) is 35.0 Å². The molecule has 1 unspecified atom stereocenters. The Morgan fingerprint density at radius 1 is 1.31 bits per heavy atom. The summed E-state index contributed by atoms with van der Waals surface area (Å²) in [7, 11) is 1.68. The van der Waals surface area contributed by atoms with Crippen molar-refractivity contribution in [2.45, 2.75) is 40.2 Å². The molecule has 142 valence electrons. The molecule has 2 rings (SSSR count). The van der Waals surface area contributed by atoms with Gasteiger partial charge in [0.05, 0.1) is 12.5 Å². The smallest absolute Gasteiger partial charge is 0.308 e. The SMILES string of the molecule is CCCC(CNC(=O)c1ccc2c(c1)c(C)c(C)n2CCOC)C(=O)O. The molecular weight excluding hydrogens is 332 g/mol. The van der Waals surface area contributed by atoms with Gasteiger partial charge < -0.3 is 19.7 Å². The number of aryl methyl sites for hydroxylation is 1. The summed E-state index contributed by atoms with van der Waals surface area (Å²) in [5.74, 6) is -1.66. The number of nitrogens with zero attached hydrogens (tertiary/aromatic N) is 1. The summed E-state index contributed by atoms with van der Waals surface area (Å²) in [6, 6.07) is 5.61. The number of aliphatic carboxylic acids is 1. The molecule has 0 aliphatic heterocycles. The average Bonchev–Trinajstić information content (AvgIpc) is 2.86. The van der Waals surface area contributed by atoms with E-state index in [0.717, 1.165) is 35.1 Å². The first-order valence-electron chi connectivity index (χ1n) is 9.00. The van der Waals surface area contributed by atoms with Crippen molar-refractivity contribution < 1.29 is 19.4 Å². The van der Waals surface area contributed by atoms with E-state index in [0.29, 0.717) is 18.6 Å². The van der Waals surface area contributed by atoms with E-state index >= 15 is 0 Å². The lowest BCUT2D eigenvalue weighted by molar-refractivity contribution is -0.141. The van der Waals surface area contributed by atoms with Crippen molar-refractivity contribution >= 4 is 22.8 Å². The number of nitrogens with one attached hydrogen (secondary N) is 1. The molecular formula is C20H28N2O4. The fourth-order valence-corrected chi connectivity index (χ4v) is 3.24. The standard InChI is InChI=1S/C20H28N2O4/c1-5-6-16(20(24)25)12-21-19(23)15-7-8-18-17(11-15)13(2)14(3)22(18)9-10-26-4/h7-8,11,16H,5-6,9-10,12H2,1-4H3,(H,21,23)(H,24,25). The van der Waals surface area contributed by atoms with E-state index in [1.807, 2.05) is 26.0 Å². The Bertz CT molecular complexity index is 795. The molecule has 1 amide bonds. The summed E-state index contributed by atoms with van der Waals surface area (Å²) < 4.78 is 7.37. The highest BCUT2D eigenvalue weighted by Crippen LogP contribution is 2.26. The molecule has 6 heteroatoms. The number of amides is 1. The van der Waals surface area contributed by atoms with Crippen molar-refractivity contribution in [1.82, 2.24) is 9.88 Å². The minimum atomic E-state index is -0.871. The summed E-state index contributed by atoms with van der Waals surface area (Å²) in [5, 5.41) is 13.0. The van der Waals surface area contributed by atoms with Crippen LogP contribution in [0.5, 0.6) is 0 Å². The zero-order chi connectivity index (χ0) is 19.3. The van der Waals surface area contributed by atoms with E-state index in [1.165, 1.54) is 0 Å². The third-order valence-corrected chi connectivity index (χ3v) is 4.92. The molecule has 0 aliphatic rings. The van der Waals surface area contributed by atoms with Gasteiger partial charge in [0.15, 0.2) is 0 Å². The van der Waals surface area contributed by atoms with Gasteiger partial charge in [-0.1, -0.05) is 13.3 Å². The minimum absolute atomic E-state index is 0.146. The number of rotatable bonds is 9. The lowest BCUT2D eigenvalue weighted by Gasteiger charge is -2.12. The summed E-state index contributed by atoms with van der Waals surface area (Å²) in [4.78, 5) is 23.7. The molecule has 0 spiro atoms. The summed E-state index contributed by atoms with van der Waals surface area (Å²) in [5.41, 5.74) is 3.91. The lowest BCUT2D eigenvalue weighted by Crippen LogP contribution is -2.32. The quantitative estimate of drug-likeness (QED) is 0.720. The van der Waals surface area contributed by atoms with Gasteiger partial charge >= 0.3 is 5.97 Å². The van der Waals surface area contributed by atoms with Crippen LogP contribution in [0.4, 0.5) is 0 Å². The molecule has 1 atom stereocenters. The highest BCUT2D eigenvalue weighted by Gasteiger charge is 2.18. The van der Waals surface area contributed by atoms with Gasteiger partial charge in [-0.3, -0.25) is 9.59 Å². The van der Waals surface area contributed by atoms with Crippen LogP contribution in [0.15, 0.2) is 18.2 Å². The molecule has 1 aromatic heterocycles. The van der Waals surface area contributed by atoms with Gasteiger partial charge in [-0.2, -0.15) is 0 Å². The Balaban J connectivity index is 2.21. The second kappa shape index (κ2) is 8.85. The largest absolute Gasteiger partial charge is 0.481 e. The van der Waals surface area contributed by atoms with Crippen LogP contribution < -0.4 is 5.32 Å². The highest BCUT2D eigenvalue weighted by molar-refractivity contribution is 5.99. The van der Waals surface area contributed by atoms with Gasteiger partial charge in [0.25, 0.3) is 5.91 Å². The number of hydrogen-bond donors (Lipinski definition) is 2. The summed E-state index contributed by atoms with van der Waals surface area (Å²) in [6.45, 7) is 7.57. The number of ether oxygens (including phenoxy) is 1. The van der Waals surface area contributed by atoms with Crippen molar-refractivity contribution in [3.63, 3.8) is 0 Å². The normalized spacial score (nSPS) is 12.3. The predicted molar refractivity (Wildman–Crippen MR) is 102 cm³/mol. The van der Waals surface area contributed by atoms with Crippen LogP contribution >= 0.6 is 0 Å². The molecule has 2 N–H and O–H groups in total. The lowest BCUT2D eigenvalue weighted by atomic mass is 10.0. The number of hydrogen-bond acceptors (Lipinski definition) is 3. The van der Waals surface area contributed by atoms with Crippen molar-refractivity contribution in [2.75, 3.05) is 20.3 Å². The number of methoxy groups -OCH3 is 1. The number of carbonyl (C=O) groups excluding carboxylic acids is 1. The molecule has 0 saturated carbocycles. The molecule has 1 heterocycles. The molecule has 0 saturated heterocycles. The first-order chi connectivity index (χ1) is 12.4. The van der Waals surface area contributed by atoms with E-state index in [2.05, 4.69) is 16.8 Å². The maximum absolute atomic E-state index is 12.5. The zero-order valence-electron chi connectivity index (χ0n) is 16.0. The number of carboxylic acids is 1. The van der Waals surface area contributed by atoms with E-state index in [-0.39, 0.29) is 12.5 Å². The Labute approximate surface area is 154 Å². The van der Waals surface area contributed by atoms with E-state index in [9.17, 15) is 14.7 Å². The van der Waals surface area contributed by atoms with Crippen molar-refractivity contribution in [1.29, 1.82) is 0 Å². The van der Waals surface area contributed by atoms with Gasteiger partial charge in [-0.25, -0.2) is 0 Å². The average molecular weight is 360 g/mol. The first kappa shape index (κ1) is 20.0. The number of benzene rings is 1. The zero-order valence-corrected chi connectivity index (χ0v) is 16.0. The summed E-state index contributed by atoms with van der Waals surface area (Å²) in [6.07, 6.45) is 1.32. The molecule has 0 radical (unpaired) electrons. The molecule has 0 fully saturated rings. The second-order valence-electron chi connectivity index (χ2n) is 6.62. The van der Waals surface area contributed by atoms with Crippen LogP contribution in [0.1, 0.15) is 41.4 Å². The molecule has 1 aromatic carbocycles. The maximum Gasteiger partial charge on any atom is 0.308 e. The Hall–Kier alpha value is -2.34. The Kier molecular flexibility index (Phi) is 6.80. The number of aromatic nitrogens is 1. The monoisotopic (exact) mass is 360 g/mol. The van der Waals surface area contributed by atoms with E-state index in [1.54, 1.807) is 13.2 Å². The highest BCUT2D eigenvalue weighted by atomic mass is 16.5. The Morgan fingerprint density at radius 3 is 2.65 bits per heavy atom. The minimum Gasteiger partial charge on any atom is -0.481 e. The van der Waals surface area contributed by atoms with Gasteiger partial charge in [0.2, 0.25) is 0 Å². The van der Waals surface area contributed by atoms with Crippen LogP contribution in [-0.4, -0.2) is 41.8 Å². The molecule has 2 aromatic rings. The van der Waals surface area contributed by atoms with Crippen LogP contribution in [0, 0.1) is 19.8 Å². The van der Waals surface area contributed by atoms with Crippen molar-refractivity contribution in [2.24, 2.45) is 5.92 Å². The topological polar surface area (TPSA) is 80.6 Å². The molecule has 26 heavy (non-hydrogen) atoms. The Morgan fingerprint density at radius 2 is 2.04 bits per heavy atom. The molecule has 0 aliphatic carbocycles. The van der Waals surface area contributed by atoms with Gasteiger partial charge in [-0.15, -0.1) is 0 Å². The maximum atomic E-state index is 12.5. The van der Waals surface area contributed by atoms with E-state index in [4.69, 9.17) is 4.74 Å².